The molecule has 4 heteroatoms. The summed E-state index contributed by atoms with van der Waals surface area (Å²) < 4.78 is 5.50. The Balaban J connectivity index is 2.11. The van der Waals surface area contributed by atoms with E-state index < -0.39 is 0 Å². The zero-order chi connectivity index (χ0) is 11.5. The van der Waals surface area contributed by atoms with Crippen LogP contribution in [-0.4, -0.2) is 31.3 Å². The topological polar surface area (TPSA) is 51.4 Å². The molecular formula is C12H19N3O. The lowest BCUT2D eigenvalue weighted by Gasteiger charge is -2.37. The number of aromatic nitrogens is 1. The van der Waals surface area contributed by atoms with Gasteiger partial charge in [-0.1, -0.05) is 6.92 Å². The van der Waals surface area contributed by atoms with Crippen LogP contribution in [0.25, 0.3) is 0 Å². The Morgan fingerprint density at radius 1 is 1.56 bits per heavy atom. The van der Waals surface area contributed by atoms with Crippen molar-refractivity contribution < 1.29 is 4.74 Å². The second-order valence-corrected chi connectivity index (χ2v) is 4.43. The molecule has 1 fully saturated rings. The second kappa shape index (κ2) is 4.70. The predicted octanol–water partition coefficient (Wildman–Crippen LogP) is 1.52. The number of hydrogen-bond acceptors (Lipinski definition) is 4. The highest BCUT2D eigenvalue weighted by Gasteiger charge is 2.26. The first kappa shape index (κ1) is 11.2. The summed E-state index contributed by atoms with van der Waals surface area (Å²) in [4.78, 5) is 6.32. The Bertz CT molecular complexity index is 356. The van der Waals surface area contributed by atoms with Crippen LogP contribution in [0.2, 0.25) is 0 Å². The molecule has 0 aliphatic carbocycles. The van der Waals surface area contributed by atoms with Gasteiger partial charge in [0.05, 0.1) is 6.10 Å². The van der Waals surface area contributed by atoms with E-state index in [1.165, 1.54) is 0 Å². The van der Waals surface area contributed by atoms with Crippen molar-refractivity contribution in [3.8, 4) is 0 Å². The van der Waals surface area contributed by atoms with Crippen LogP contribution in [0, 0.1) is 5.92 Å². The first-order valence-electron chi connectivity index (χ1n) is 5.70. The zero-order valence-corrected chi connectivity index (χ0v) is 9.89. The number of ether oxygens (including phenoxy) is 1. The van der Waals surface area contributed by atoms with E-state index in [0.717, 1.165) is 25.2 Å². The number of hydrogen-bond donors (Lipinski definition) is 1. The van der Waals surface area contributed by atoms with Crippen molar-refractivity contribution in [2.24, 2.45) is 5.92 Å². The smallest absolute Gasteiger partial charge is 0.125 e. The number of pyridine rings is 1. The molecule has 0 bridgehead atoms. The van der Waals surface area contributed by atoms with Crippen LogP contribution < -0.4 is 10.6 Å². The van der Waals surface area contributed by atoms with Gasteiger partial charge in [-0.2, -0.15) is 0 Å². The molecule has 1 aliphatic heterocycles. The Hall–Kier alpha value is -1.29. The van der Waals surface area contributed by atoms with Crippen molar-refractivity contribution in [1.29, 1.82) is 0 Å². The molecule has 0 spiro atoms. The van der Waals surface area contributed by atoms with Crippen molar-refractivity contribution in [3.05, 3.63) is 18.3 Å². The lowest BCUT2D eigenvalue weighted by Crippen LogP contribution is -2.43. The maximum Gasteiger partial charge on any atom is 0.125 e. The fraction of sp³-hybridized carbons (Fsp3) is 0.583. The lowest BCUT2D eigenvalue weighted by molar-refractivity contribution is 0.0498. The first-order valence-corrected chi connectivity index (χ1v) is 5.70. The molecule has 2 atom stereocenters. The van der Waals surface area contributed by atoms with Gasteiger partial charge in [0.2, 0.25) is 0 Å². The molecule has 2 N–H and O–H groups in total. The summed E-state index contributed by atoms with van der Waals surface area (Å²) in [5.41, 5.74) is 6.83. The number of nitrogen functional groups attached to an aromatic ring is 1. The molecule has 2 heterocycles. The summed E-state index contributed by atoms with van der Waals surface area (Å²) in [6.45, 7) is 4.23. The molecule has 1 aliphatic rings. The summed E-state index contributed by atoms with van der Waals surface area (Å²) in [6, 6.07) is 3.92. The highest BCUT2D eigenvalue weighted by atomic mass is 16.5. The van der Waals surface area contributed by atoms with E-state index in [2.05, 4.69) is 16.8 Å². The van der Waals surface area contributed by atoms with Crippen LogP contribution in [0.4, 0.5) is 11.5 Å². The van der Waals surface area contributed by atoms with Gasteiger partial charge in [0, 0.05) is 38.1 Å². The Kier molecular flexibility index (Phi) is 3.29. The van der Waals surface area contributed by atoms with E-state index in [-0.39, 0.29) is 0 Å². The SMILES string of the molecule is COC1CN(c2ccnc(N)c2)CCC1C. The van der Waals surface area contributed by atoms with Crippen molar-refractivity contribution in [2.75, 3.05) is 30.8 Å². The number of nitrogens with two attached hydrogens (primary N) is 1. The molecule has 2 unspecified atom stereocenters. The van der Waals surface area contributed by atoms with Gasteiger partial charge < -0.3 is 15.4 Å². The van der Waals surface area contributed by atoms with Crippen LogP contribution >= 0.6 is 0 Å². The summed E-state index contributed by atoms with van der Waals surface area (Å²) in [5, 5.41) is 0. The number of methoxy groups -OCH3 is 1. The zero-order valence-electron chi connectivity index (χ0n) is 9.89. The monoisotopic (exact) mass is 221 g/mol. The van der Waals surface area contributed by atoms with E-state index in [1.54, 1.807) is 13.3 Å². The largest absolute Gasteiger partial charge is 0.384 e. The predicted molar refractivity (Wildman–Crippen MR) is 65.4 cm³/mol. The summed E-state index contributed by atoms with van der Waals surface area (Å²) in [6.07, 6.45) is 3.22. The van der Waals surface area contributed by atoms with Crippen LogP contribution in [0.1, 0.15) is 13.3 Å². The van der Waals surface area contributed by atoms with E-state index in [9.17, 15) is 0 Å². The number of piperidine rings is 1. The molecule has 0 radical (unpaired) electrons. The van der Waals surface area contributed by atoms with Crippen molar-refractivity contribution in [3.63, 3.8) is 0 Å². The van der Waals surface area contributed by atoms with Gasteiger partial charge in [-0.25, -0.2) is 4.98 Å². The fourth-order valence-electron chi connectivity index (χ4n) is 2.21. The normalized spacial score (nSPS) is 25.8. The van der Waals surface area contributed by atoms with Gasteiger partial charge in [-0.15, -0.1) is 0 Å². The molecule has 4 nitrogen and oxygen atoms in total. The Morgan fingerprint density at radius 3 is 3.06 bits per heavy atom. The van der Waals surface area contributed by atoms with Gasteiger partial charge in [0.15, 0.2) is 0 Å². The maximum absolute atomic E-state index is 5.69. The van der Waals surface area contributed by atoms with E-state index in [4.69, 9.17) is 10.5 Å². The van der Waals surface area contributed by atoms with Crippen LogP contribution in [0.3, 0.4) is 0 Å². The molecule has 88 valence electrons. The minimum absolute atomic E-state index is 0.308. The quantitative estimate of drug-likeness (QED) is 0.822. The second-order valence-electron chi connectivity index (χ2n) is 4.43. The summed E-state index contributed by atoms with van der Waals surface area (Å²) in [5.74, 6) is 1.20. The fourth-order valence-corrected chi connectivity index (χ4v) is 2.21. The molecule has 1 saturated heterocycles. The molecule has 2 rings (SSSR count). The van der Waals surface area contributed by atoms with Crippen LogP contribution in [0.5, 0.6) is 0 Å². The van der Waals surface area contributed by atoms with Crippen LogP contribution in [-0.2, 0) is 4.74 Å². The molecule has 0 aromatic carbocycles. The molecule has 0 saturated carbocycles. The molecule has 1 aromatic heterocycles. The highest BCUT2D eigenvalue weighted by molar-refractivity contribution is 5.52. The minimum Gasteiger partial charge on any atom is -0.384 e. The Morgan fingerprint density at radius 2 is 2.38 bits per heavy atom. The number of nitrogens with zero attached hydrogens (tertiary/aromatic N) is 2. The van der Waals surface area contributed by atoms with Gasteiger partial charge in [0.1, 0.15) is 5.82 Å². The highest BCUT2D eigenvalue weighted by Crippen LogP contribution is 2.25. The number of anilines is 2. The van der Waals surface area contributed by atoms with E-state index >= 15 is 0 Å². The molecule has 1 aromatic rings. The molecule has 16 heavy (non-hydrogen) atoms. The van der Waals surface area contributed by atoms with Gasteiger partial charge >= 0.3 is 0 Å². The summed E-state index contributed by atoms with van der Waals surface area (Å²) >= 11 is 0. The third-order valence-electron chi connectivity index (χ3n) is 3.32. The van der Waals surface area contributed by atoms with E-state index in [0.29, 0.717) is 17.8 Å². The lowest BCUT2D eigenvalue weighted by atomic mass is 9.95. The van der Waals surface area contributed by atoms with Gasteiger partial charge in [-0.3, -0.25) is 0 Å². The van der Waals surface area contributed by atoms with Gasteiger partial charge in [0.25, 0.3) is 0 Å². The van der Waals surface area contributed by atoms with Crippen molar-refractivity contribution in [1.82, 2.24) is 4.98 Å². The third-order valence-corrected chi connectivity index (χ3v) is 3.32. The summed E-state index contributed by atoms with van der Waals surface area (Å²) in [7, 11) is 1.78. The third kappa shape index (κ3) is 2.27. The van der Waals surface area contributed by atoms with Crippen LogP contribution in [0.15, 0.2) is 18.3 Å². The number of rotatable bonds is 2. The Labute approximate surface area is 96.4 Å². The molecule has 0 amide bonds. The van der Waals surface area contributed by atoms with Gasteiger partial charge in [-0.05, 0) is 18.4 Å². The molecular weight excluding hydrogens is 202 g/mol. The first-order chi connectivity index (χ1) is 7.70. The van der Waals surface area contributed by atoms with Crippen molar-refractivity contribution in [2.45, 2.75) is 19.4 Å². The maximum atomic E-state index is 5.69. The van der Waals surface area contributed by atoms with E-state index in [1.807, 2.05) is 12.1 Å². The minimum atomic E-state index is 0.308. The average molecular weight is 221 g/mol. The standard InChI is InChI=1S/C12H19N3O/c1-9-4-6-15(8-11(9)16-2)10-3-5-14-12(13)7-10/h3,5,7,9,11H,4,6,8H2,1-2H3,(H2,13,14). The van der Waals surface area contributed by atoms with Crippen molar-refractivity contribution >= 4 is 11.5 Å². The average Bonchev–Trinajstić information content (AvgIpc) is 2.29.